The van der Waals surface area contributed by atoms with Crippen LogP contribution in [0.3, 0.4) is 0 Å². The Kier molecular flexibility index (Phi) is 5.68. The predicted molar refractivity (Wildman–Crippen MR) is 103 cm³/mol. The van der Waals surface area contributed by atoms with Gasteiger partial charge in [0.15, 0.2) is 0 Å². The van der Waals surface area contributed by atoms with Gasteiger partial charge in [0.1, 0.15) is 5.75 Å². The average Bonchev–Trinajstić information content (AvgIpc) is 3.03. The number of carbonyl (C=O) groups is 1. The van der Waals surface area contributed by atoms with E-state index in [1.54, 1.807) is 4.68 Å². The van der Waals surface area contributed by atoms with Crippen molar-refractivity contribution in [3.05, 3.63) is 78.0 Å². The zero-order valence-electron chi connectivity index (χ0n) is 14.6. The Morgan fingerprint density at radius 1 is 1.04 bits per heavy atom. The van der Waals surface area contributed by atoms with Gasteiger partial charge in [-0.15, -0.1) is 0 Å². The molecule has 0 aliphatic heterocycles. The van der Waals surface area contributed by atoms with Crippen molar-refractivity contribution in [2.24, 2.45) is 5.14 Å². The molecule has 0 spiro atoms. The van der Waals surface area contributed by atoms with Crippen molar-refractivity contribution in [1.29, 1.82) is 0 Å². The Morgan fingerprint density at radius 2 is 1.67 bits per heavy atom. The third kappa shape index (κ3) is 5.50. The molecule has 140 valence electrons. The Morgan fingerprint density at radius 3 is 2.30 bits per heavy atom. The smallest absolute Gasteiger partial charge is 0.236 e. The molecule has 0 aliphatic rings. The lowest BCUT2D eigenvalue weighted by Crippen LogP contribution is -2.32. The first-order chi connectivity index (χ1) is 12.9. The summed E-state index contributed by atoms with van der Waals surface area (Å²) in [7, 11) is -3.86. The lowest BCUT2D eigenvalue weighted by molar-refractivity contribution is -0.118. The molecule has 0 bridgehead atoms. The quantitative estimate of drug-likeness (QED) is 0.644. The maximum absolute atomic E-state index is 11.8. The Bertz CT molecular complexity index is 1020. The Hall–Kier alpha value is -2.97. The van der Waals surface area contributed by atoms with Crippen molar-refractivity contribution in [1.82, 2.24) is 15.1 Å². The lowest BCUT2D eigenvalue weighted by Gasteiger charge is -2.05. The molecule has 0 radical (unpaired) electrons. The Balaban J connectivity index is 1.83. The van der Waals surface area contributed by atoms with Crippen LogP contribution < -0.4 is 10.5 Å². The lowest BCUT2D eigenvalue weighted by atomic mass is 10.1. The first-order valence-corrected chi connectivity index (χ1v) is 10.0. The highest BCUT2D eigenvalue weighted by Crippen LogP contribution is 2.22. The number of hydrogen-bond donors (Lipinski definition) is 2. The zero-order valence-corrected chi connectivity index (χ0v) is 15.4. The molecule has 0 saturated heterocycles. The number of primary sulfonamides is 1. The second kappa shape index (κ2) is 8.15. The number of benzene rings is 2. The maximum atomic E-state index is 11.8. The number of amides is 1. The van der Waals surface area contributed by atoms with E-state index in [0.717, 1.165) is 22.4 Å². The van der Waals surface area contributed by atoms with Crippen LogP contribution in [0.2, 0.25) is 0 Å². The van der Waals surface area contributed by atoms with Gasteiger partial charge in [-0.25, -0.2) is 13.6 Å². The van der Waals surface area contributed by atoms with E-state index in [4.69, 9.17) is 5.14 Å². The number of carbonyl (C=O) groups excluding carboxylic acids is 1. The molecule has 8 heteroatoms. The fourth-order valence-electron chi connectivity index (χ4n) is 2.71. The van der Waals surface area contributed by atoms with E-state index in [2.05, 4.69) is 10.4 Å². The standard InChI is InChI=1S/C19H20N4O3S/c20-27(25,26)14-18(24)21-11-17-13-23(12-15-7-3-1-4-8-15)22-19(17)16-9-5-2-6-10-16/h1-10,13H,11-12,14H2,(H,21,24)(H2,20,25,26). The first kappa shape index (κ1) is 18.8. The van der Waals surface area contributed by atoms with Crippen LogP contribution in [-0.4, -0.2) is 29.9 Å². The second-order valence-corrected chi connectivity index (χ2v) is 7.75. The number of aromatic nitrogens is 2. The van der Waals surface area contributed by atoms with Crippen LogP contribution in [0, 0.1) is 0 Å². The van der Waals surface area contributed by atoms with Gasteiger partial charge in [-0.2, -0.15) is 5.10 Å². The van der Waals surface area contributed by atoms with E-state index in [-0.39, 0.29) is 6.54 Å². The van der Waals surface area contributed by atoms with Crippen molar-refractivity contribution >= 4 is 15.9 Å². The highest BCUT2D eigenvalue weighted by atomic mass is 32.2. The molecule has 3 N–H and O–H groups in total. The van der Waals surface area contributed by atoms with Crippen LogP contribution in [0.5, 0.6) is 0 Å². The van der Waals surface area contributed by atoms with Gasteiger partial charge in [-0.3, -0.25) is 9.48 Å². The molecule has 0 atom stereocenters. The predicted octanol–water partition coefficient (Wildman–Crippen LogP) is 1.50. The van der Waals surface area contributed by atoms with Crippen LogP contribution in [0.4, 0.5) is 0 Å². The van der Waals surface area contributed by atoms with Gasteiger partial charge in [0, 0.05) is 23.9 Å². The fraction of sp³-hybridized carbons (Fsp3) is 0.158. The number of sulfonamides is 1. The van der Waals surface area contributed by atoms with Crippen LogP contribution in [0.15, 0.2) is 66.9 Å². The van der Waals surface area contributed by atoms with E-state index in [1.165, 1.54) is 0 Å². The minimum atomic E-state index is -3.86. The summed E-state index contributed by atoms with van der Waals surface area (Å²) >= 11 is 0. The van der Waals surface area contributed by atoms with E-state index in [9.17, 15) is 13.2 Å². The van der Waals surface area contributed by atoms with Crippen molar-refractivity contribution in [2.75, 3.05) is 5.75 Å². The highest BCUT2D eigenvalue weighted by Gasteiger charge is 2.15. The van der Waals surface area contributed by atoms with Gasteiger partial charge >= 0.3 is 0 Å². The second-order valence-electron chi connectivity index (χ2n) is 6.14. The monoisotopic (exact) mass is 384 g/mol. The number of nitrogens with one attached hydrogen (secondary N) is 1. The molecule has 0 fully saturated rings. The average molecular weight is 384 g/mol. The summed E-state index contributed by atoms with van der Waals surface area (Å²) in [4.78, 5) is 11.8. The molecule has 1 aromatic heterocycles. The molecule has 0 saturated carbocycles. The van der Waals surface area contributed by atoms with Crippen LogP contribution in [0.25, 0.3) is 11.3 Å². The summed E-state index contributed by atoms with van der Waals surface area (Å²) in [6.45, 7) is 0.749. The molecule has 1 amide bonds. The summed E-state index contributed by atoms with van der Waals surface area (Å²) in [5.74, 6) is -1.39. The highest BCUT2D eigenvalue weighted by molar-refractivity contribution is 7.89. The van der Waals surface area contributed by atoms with E-state index >= 15 is 0 Å². The van der Waals surface area contributed by atoms with Gasteiger partial charge in [-0.1, -0.05) is 60.7 Å². The summed E-state index contributed by atoms with van der Waals surface area (Å²) < 4.78 is 23.9. The largest absolute Gasteiger partial charge is 0.351 e. The topological polar surface area (TPSA) is 107 Å². The third-order valence-corrected chi connectivity index (χ3v) is 4.54. The summed E-state index contributed by atoms with van der Waals surface area (Å²) in [6, 6.07) is 19.5. The molecule has 1 heterocycles. The molecule has 0 unspecified atom stereocenters. The molecule has 2 aromatic carbocycles. The molecule has 27 heavy (non-hydrogen) atoms. The SMILES string of the molecule is NS(=O)(=O)CC(=O)NCc1cn(Cc2ccccc2)nc1-c1ccccc1. The zero-order chi connectivity index (χ0) is 19.3. The van der Waals surface area contributed by atoms with Gasteiger partial charge in [0.25, 0.3) is 0 Å². The van der Waals surface area contributed by atoms with E-state index in [0.29, 0.717) is 6.54 Å². The van der Waals surface area contributed by atoms with Crippen molar-refractivity contribution < 1.29 is 13.2 Å². The number of rotatable bonds is 7. The summed E-state index contributed by atoms with van der Waals surface area (Å²) in [6.07, 6.45) is 1.85. The van der Waals surface area contributed by atoms with Gasteiger partial charge in [-0.05, 0) is 5.56 Å². The van der Waals surface area contributed by atoms with Crippen molar-refractivity contribution in [3.63, 3.8) is 0 Å². The van der Waals surface area contributed by atoms with Crippen molar-refractivity contribution in [2.45, 2.75) is 13.1 Å². The maximum Gasteiger partial charge on any atom is 0.236 e. The third-order valence-electron chi connectivity index (χ3n) is 3.88. The molecule has 3 rings (SSSR count). The minimum Gasteiger partial charge on any atom is -0.351 e. The van der Waals surface area contributed by atoms with E-state index in [1.807, 2.05) is 66.9 Å². The molecule has 3 aromatic rings. The molecular formula is C19H20N4O3S. The van der Waals surface area contributed by atoms with Crippen LogP contribution in [0.1, 0.15) is 11.1 Å². The normalized spacial score (nSPS) is 11.3. The number of hydrogen-bond acceptors (Lipinski definition) is 4. The van der Waals surface area contributed by atoms with Gasteiger partial charge < -0.3 is 5.32 Å². The molecule has 0 aliphatic carbocycles. The fourth-order valence-corrected chi connectivity index (χ4v) is 3.18. The number of nitrogens with two attached hydrogens (primary N) is 1. The van der Waals surface area contributed by atoms with Gasteiger partial charge in [0.05, 0.1) is 12.2 Å². The van der Waals surface area contributed by atoms with Crippen LogP contribution >= 0.6 is 0 Å². The number of nitrogens with zero attached hydrogens (tertiary/aromatic N) is 2. The minimum absolute atomic E-state index is 0.160. The summed E-state index contributed by atoms with van der Waals surface area (Å²) in [5.41, 5.74) is 3.55. The van der Waals surface area contributed by atoms with Crippen LogP contribution in [-0.2, 0) is 27.9 Å². The van der Waals surface area contributed by atoms with E-state index < -0.39 is 21.7 Å². The summed E-state index contributed by atoms with van der Waals surface area (Å²) in [5, 5.41) is 12.2. The first-order valence-electron chi connectivity index (χ1n) is 8.33. The Labute approximate surface area is 157 Å². The molecule has 7 nitrogen and oxygen atoms in total. The molecular weight excluding hydrogens is 364 g/mol. The van der Waals surface area contributed by atoms with Crippen molar-refractivity contribution in [3.8, 4) is 11.3 Å². The van der Waals surface area contributed by atoms with Gasteiger partial charge in [0.2, 0.25) is 15.9 Å².